The molecule has 23 heavy (non-hydrogen) atoms. The molecule has 1 atom stereocenters. The minimum absolute atomic E-state index is 0.0422. The third-order valence-electron chi connectivity index (χ3n) is 3.59. The van der Waals surface area contributed by atoms with Gasteiger partial charge in [-0.25, -0.2) is 4.98 Å². The van der Waals surface area contributed by atoms with Crippen molar-refractivity contribution in [2.24, 2.45) is 0 Å². The van der Waals surface area contributed by atoms with Gasteiger partial charge in [0.05, 0.1) is 31.1 Å². The maximum Gasteiger partial charge on any atom is 0.273 e. The fraction of sp³-hybridized carbons (Fsp3) is 0.467. The van der Waals surface area contributed by atoms with Crippen LogP contribution in [0.25, 0.3) is 0 Å². The van der Waals surface area contributed by atoms with Crippen LogP contribution in [0.5, 0.6) is 11.8 Å². The Morgan fingerprint density at radius 1 is 1.35 bits per heavy atom. The molecular formula is C15H18N4O3S. The zero-order valence-corrected chi connectivity index (χ0v) is 13.9. The standard InChI is InChI=1S/C15H18N4O3S/c1-10-17-12(9-23-10)15(20)19-5-3-4-11(8-19)22-14-7-16-6-13(18-14)21-2/h6-7,9,11H,3-5,8H2,1-2H3/t11-/m1/s1. The molecule has 2 aromatic heterocycles. The van der Waals surface area contributed by atoms with Gasteiger partial charge in [0.2, 0.25) is 11.8 Å². The number of aryl methyl sites for hydroxylation is 1. The maximum absolute atomic E-state index is 12.5. The molecule has 8 heteroatoms. The van der Waals surface area contributed by atoms with Gasteiger partial charge in [-0.1, -0.05) is 0 Å². The normalized spacial score (nSPS) is 17.8. The van der Waals surface area contributed by atoms with E-state index in [-0.39, 0.29) is 12.0 Å². The highest BCUT2D eigenvalue weighted by Crippen LogP contribution is 2.20. The molecule has 2 aromatic rings. The second-order valence-electron chi connectivity index (χ2n) is 5.28. The average Bonchev–Trinajstić information content (AvgIpc) is 3.01. The molecule has 0 aliphatic carbocycles. The van der Waals surface area contributed by atoms with Crippen molar-refractivity contribution in [2.75, 3.05) is 20.2 Å². The molecule has 0 aromatic carbocycles. The van der Waals surface area contributed by atoms with Crippen LogP contribution in [-0.4, -0.2) is 52.1 Å². The van der Waals surface area contributed by atoms with Crippen LogP contribution in [0, 0.1) is 6.92 Å². The molecule has 1 fully saturated rings. The number of aromatic nitrogens is 3. The zero-order valence-electron chi connectivity index (χ0n) is 13.1. The van der Waals surface area contributed by atoms with E-state index in [1.807, 2.05) is 6.92 Å². The summed E-state index contributed by atoms with van der Waals surface area (Å²) in [5.41, 5.74) is 0.509. The number of carbonyl (C=O) groups is 1. The molecule has 0 N–H and O–H groups in total. The fourth-order valence-corrected chi connectivity index (χ4v) is 3.09. The van der Waals surface area contributed by atoms with E-state index in [0.717, 1.165) is 24.4 Å². The lowest BCUT2D eigenvalue weighted by Gasteiger charge is -2.32. The van der Waals surface area contributed by atoms with Crippen LogP contribution < -0.4 is 9.47 Å². The van der Waals surface area contributed by atoms with Gasteiger partial charge in [-0.3, -0.25) is 9.78 Å². The molecule has 0 spiro atoms. The summed E-state index contributed by atoms with van der Waals surface area (Å²) in [7, 11) is 1.53. The number of rotatable bonds is 4. The van der Waals surface area contributed by atoms with E-state index in [1.54, 1.807) is 16.5 Å². The summed E-state index contributed by atoms with van der Waals surface area (Å²) in [4.78, 5) is 26.8. The second kappa shape index (κ2) is 6.91. The molecule has 3 heterocycles. The monoisotopic (exact) mass is 334 g/mol. The molecule has 7 nitrogen and oxygen atoms in total. The Hall–Kier alpha value is -2.22. The number of nitrogens with zero attached hydrogens (tertiary/aromatic N) is 4. The van der Waals surface area contributed by atoms with Gasteiger partial charge in [-0.2, -0.15) is 4.98 Å². The minimum Gasteiger partial charge on any atom is -0.480 e. The van der Waals surface area contributed by atoms with E-state index in [2.05, 4.69) is 15.0 Å². The summed E-state index contributed by atoms with van der Waals surface area (Å²) in [5.74, 6) is 0.775. The van der Waals surface area contributed by atoms with Gasteiger partial charge < -0.3 is 14.4 Å². The molecule has 0 radical (unpaired) electrons. The Balaban J connectivity index is 1.64. The van der Waals surface area contributed by atoms with E-state index in [1.165, 1.54) is 24.6 Å². The number of ether oxygens (including phenoxy) is 2. The highest BCUT2D eigenvalue weighted by Gasteiger charge is 2.27. The van der Waals surface area contributed by atoms with Gasteiger partial charge in [0.25, 0.3) is 5.91 Å². The Morgan fingerprint density at radius 3 is 2.91 bits per heavy atom. The summed E-state index contributed by atoms with van der Waals surface area (Å²) in [6.07, 6.45) is 4.73. The van der Waals surface area contributed by atoms with Gasteiger partial charge in [0.1, 0.15) is 11.8 Å². The highest BCUT2D eigenvalue weighted by atomic mass is 32.1. The average molecular weight is 334 g/mol. The number of hydrogen-bond acceptors (Lipinski definition) is 7. The van der Waals surface area contributed by atoms with Crippen LogP contribution in [0.1, 0.15) is 28.3 Å². The van der Waals surface area contributed by atoms with Crippen molar-refractivity contribution in [1.29, 1.82) is 0 Å². The summed E-state index contributed by atoms with van der Waals surface area (Å²) < 4.78 is 10.9. The van der Waals surface area contributed by atoms with E-state index >= 15 is 0 Å². The number of amides is 1. The quantitative estimate of drug-likeness (QED) is 0.850. The first-order valence-corrected chi connectivity index (χ1v) is 8.28. The summed E-state index contributed by atoms with van der Waals surface area (Å²) in [6, 6.07) is 0. The molecule has 0 unspecified atom stereocenters. The first-order chi connectivity index (χ1) is 11.2. The topological polar surface area (TPSA) is 77.4 Å². The van der Waals surface area contributed by atoms with Crippen molar-refractivity contribution in [3.8, 4) is 11.8 Å². The van der Waals surface area contributed by atoms with Crippen LogP contribution >= 0.6 is 11.3 Å². The Kier molecular flexibility index (Phi) is 4.71. The van der Waals surface area contributed by atoms with Crippen molar-refractivity contribution >= 4 is 17.2 Å². The largest absolute Gasteiger partial charge is 0.480 e. The van der Waals surface area contributed by atoms with Crippen molar-refractivity contribution in [2.45, 2.75) is 25.9 Å². The molecule has 1 aliphatic rings. The van der Waals surface area contributed by atoms with Crippen LogP contribution in [0.2, 0.25) is 0 Å². The SMILES string of the molecule is COc1cncc(O[C@@H]2CCCN(C(=O)c3csc(C)n3)C2)n1. The van der Waals surface area contributed by atoms with E-state index in [0.29, 0.717) is 24.0 Å². The first kappa shape index (κ1) is 15.7. The number of hydrogen-bond donors (Lipinski definition) is 0. The third-order valence-corrected chi connectivity index (χ3v) is 4.36. The predicted molar refractivity (Wildman–Crippen MR) is 85.0 cm³/mol. The molecular weight excluding hydrogens is 316 g/mol. The summed E-state index contributed by atoms with van der Waals surface area (Å²) in [5, 5.41) is 2.69. The van der Waals surface area contributed by atoms with Gasteiger partial charge >= 0.3 is 0 Å². The predicted octanol–water partition coefficient (Wildman–Crippen LogP) is 1.93. The zero-order chi connectivity index (χ0) is 16.2. The molecule has 1 aliphatic heterocycles. The van der Waals surface area contributed by atoms with Gasteiger partial charge in [0, 0.05) is 11.9 Å². The van der Waals surface area contributed by atoms with E-state index < -0.39 is 0 Å². The number of piperidine rings is 1. The molecule has 0 bridgehead atoms. The first-order valence-electron chi connectivity index (χ1n) is 7.40. The summed E-state index contributed by atoms with van der Waals surface area (Å²) in [6.45, 7) is 3.14. The Bertz CT molecular complexity index is 691. The lowest BCUT2D eigenvalue weighted by Crippen LogP contribution is -2.44. The number of thiazole rings is 1. The Morgan fingerprint density at radius 2 is 2.17 bits per heavy atom. The van der Waals surface area contributed by atoms with E-state index in [4.69, 9.17) is 9.47 Å². The lowest BCUT2D eigenvalue weighted by atomic mass is 10.1. The van der Waals surface area contributed by atoms with E-state index in [9.17, 15) is 4.79 Å². The number of likely N-dealkylation sites (tertiary alicyclic amines) is 1. The molecule has 0 saturated carbocycles. The van der Waals surface area contributed by atoms with Crippen molar-refractivity contribution in [3.63, 3.8) is 0 Å². The molecule has 122 valence electrons. The lowest BCUT2D eigenvalue weighted by molar-refractivity contribution is 0.0521. The van der Waals surface area contributed by atoms with Gasteiger partial charge in [-0.15, -0.1) is 11.3 Å². The second-order valence-corrected chi connectivity index (χ2v) is 6.35. The summed E-state index contributed by atoms with van der Waals surface area (Å²) >= 11 is 1.48. The minimum atomic E-state index is -0.103. The van der Waals surface area contributed by atoms with Crippen molar-refractivity contribution < 1.29 is 14.3 Å². The fourth-order valence-electron chi connectivity index (χ4n) is 2.50. The number of methoxy groups -OCH3 is 1. The van der Waals surface area contributed by atoms with Crippen LogP contribution in [0.4, 0.5) is 0 Å². The molecule has 3 rings (SSSR count). The molecule has 1 amide bonds. The van der Waals surface area contributed by atoms with Crippen LogP contribution in [0.15, 0.2) is 17.8 Å². The third kappa shape index (κ3) is 3.76. The number of carbonyl (C=O) groups excluding carboxylic acids is 1. The van der Waals surface area contributed by atoms with Crippen molar-refractivity contribution in [1.82, 2.24) is 19.9 Å². The van der Waals surface area contributed by atoms with Crippen LogP contribution in [-0.2, 0) is 0 Å². The molecule has 1 saturated heterocycles. The smallest absolute Gasteiger partial charge is 0.273 e. The Labute approximate surface area is 138 Å². The van der Waals surface area contributed by atoms with Crippen LogP contribution in [0.3, 0.4) is 0 Å². The highest BCUT2D eigenvalue weighted by molar-refractivity contribution is 7.09. The van der Waals surface area contributed by atoms with Gasteiger partial charge in [-0.05, 0) is 19.8 Å². The van der Waals surface area contributed by atoms with Gasteiger partial charge in [0.15, 0.2) is 0 Å². The van der Waals surface area contributed by atoms with Crippen molar-refractivity contribution in [3.05, 3.63) is 28.5 Å². The maximum atomic E-state index is 12.5.